The minimum Gasteiger partial charge on any atom is -0.385 e. The fraction of sp³-hybridized carbons (Fsp3) is 0.833. The molecule has 7 nitrogen and oxygen atoms in total. The molecule has 0 aromatic carbocycles. The monoisotopic (exact) mass is 227 g/mol. The van der Waals surface area contributed by atoms with Gasteiger partial charge in [-0.2, -0.15) is 13.1 Å². The third-order valence-electron chi connectivity index (χ3n) is 0.984. The van der Waals surface area contributed by atoms with Crippen molar-refractivity contribution >= 4 is 16.3 Å². The molecule has 0 unspecified atom stereocenters. The molecule has 0 radical (unpaired) electrons. The third kappa shape index (κ3) is 6.78. The predicted molar refractivity (Wildman–Crippen MR) is 46.3 cm³/mol. The Hall–Kier alpha value is -0.700. The number of carbonyl (C=O) groups excluding carboxylic acids is 1. The summed E-state index contributed by atoms with van der Waals surface area (Å²) in [5, 5.41) is 8.21. The van der Waals surface area contributed by atoms with Gasteiger partial charge in [0.05, 0.1) is 6.10 Å². The standard InChI is InChI=1S/C6H13NO6S/c1-5(2)12-4-7-14(10,11)13-6(9)3-8/h5,7-8H,3-4H2,1-2H3. The van der Waals surface area contributed by atoms with Gasteiger partial charge in [-0.3, -0.25) is 0 Å². The molecule has 0 saturated carbocycles. The van der Waals surface area contributed by atoms with E-state index in [1.54, 1.807) is 13.8 Å². The molecule has 0 bridgehead atoms. The van der Waals surface area contributed by atoms with Crippen molar-refractivity contribution in [1.29, 1.82) is 0 Å². The maximum atomic E-state index is 10.8. The van der Waals surface area contributed by atoms with E-state index in [4.69, 9.17) is 9.84 Å². The summed E-state index contributed by atoms with van der Waals surface area (Å²) in [7, 11) is -4.17. The Labute approximate surface area is 82.3 Å². The zero-order valence-electron chi connectivity index (χ0n) is 7.89. The van der Waals surface area contributed by atoms with Crippen molar-refractivity contribution in [3.8, 4) is 0 Å². The van der Waals surface area contributed by atoms with Crippen molar-refractivity contribution in [2.75, 3.05) is 13.3 Å². The van der Waals surface area contributed by atoms with E-state index in [-0.39, 0.29) is 12.8 Å². The Morgan fingerprint density at radius 1 is 1.50 bits per heavy atom. The van der Waals surface area contributed by atoms with Crippen LogP contribution in [0.5, 0.6) is 0 Å². The van der Waals surface area contributed by atoms with Gasteiger partial charge < -0.3 is 14.0 Å². The summed E-state index contributed by atoms with van der Waals surface area (Å²) in [6.45, 7) is 2.15. The molecular formula is C6H13NO6S. The van der Waals surface area contributed by atoms with E-state index in [0.29, 0.717) is 0 Å². The SMILES string of the molecule is CC(C)OCNS(=O)(=O)OC(=O)CO. The number of carbonyl (C=O) groups is 1. The topological polar surface area (TPSA) is 102 Å². The Morgan fingerprint density at radius 3 is 2.50 bits per heavy atom. The zero-order valence-corrected chi connectivity index (χ0v) is 8.70. The Morgan fingerprint density at radius 2 is 2.07 bits per heavy atom. The van der Waals surface area contributed by atoms with Crippen LogP contribution in [0.1, 0.15) is 13.8 Å². The van der Waals surface area contributed by atoms with E-state index < -0.39 is 22.9 Å². The van der Waals surface area contributed by atoms with Crippen molar-refractivity contribution < 1.29 is 27.2 Å². The quantitative estimate of drug-likeness (QED) is 0.549. The van der Waals surface area contributed by atoms with Gasteiger partial charge >= 0.3 is 16.3 Å². The van der Waals surface area contributed by atoms with Gasteiger partial charge in [0.1, 0.15) is 13.3 Å². The van der Waals surface area contributed by atoms with Gasteiger partial charge in [0, 0.05) is 0 Å². The highest BCUT2D eigenvalue weighted by molar-refractivity contribution is 7.85. The summed E-state index contributed by atoms with van der Waals surface area (Å²) >= 11 is 0. The number of rotatable bonds is 6. The number of hydrogen-bond donors (Lipinski definition) is 2. The number of nitrogens with one attached hydrogen (secondary N) is 1. The molecule has 0 amide bonds. The first kappa shape index (κ1) is 13.3. The Kier molecular flexibility index (Phi) is 5.62. The van der Waals surface area contributed by atoms with Crippen LogP contribution in [-0.4, -0.2) is 38.9 Å². The molecule has 0 saturated heterocycles. The fourth-order valence-electron chi connectivity index (χ4n) is 0.451. The normalized spacial score (nSPS) is 11.7. The molecule has 0 heterocycles. The van der Waals surface area contributed by atoms with Gasteiger partial charge in [0.2, 0.25) is 0 Å². The van der Waals surface area contributed by atoms with Gasteiger partial charge in [0.15, 0.2) is 0 Å². The van der Waals surface area contributed by atoms with Crippen molar-refractivity contribution in [3.63, 3.8) is 0 Å². The van der Waals surface area contributed by atoms with E-state index in [2.05, 4.69) is 4.18 Å². The summed E-state index contributed by atoms with van der Waals surface area (Å²) in [5.41, 5.74) is 0. The van der Waals surface area contributed by atoms with E-state index in [9.17, 15) is 13.2 Å². The van der Waals surface area contributed by atoms with Crippen LogP contribution in [-0.2, 0) is 24.0 Å². The second kappa shape index (κ2) is 5.91. The molecule has 0 rings (SSSR count). The van der Waals surface area contributed by atoms with Gasteiger partial charge in [-0.05, 0) is 13.8 Å². The highest BCUT2D eigenvalue weighted by Gasteiger charge is 2.15. The van der Waals surface area contributed by atoms with Crippen LogP contribution in [0, 0.1) is 0 Å². The van der Waals surface area contributed by atoms with Crippen molar-refractivity contribution in [1.82, 2.24) is 4.72 Å². The third-order valence-corrected chi connectivity index (χ3v) is 1.86. The summed E-state index contributed by atoms with van der Waals surface area (Å²) < 4.78 is 32.2. The number of hydrogen-bond acceptors (Lipinski definition) is 6. The molecule has 0 spiro atoms. The molecule has 0 aliphatic rings. The molecule has 2 N–H and O–H groups in total. The number of aliphatic hydroxyl groups excluding tert-OH is 1. The number of ether oxygens (including phenoxy) is 1. The molecule has 14 heavy (non-hydrogen) atoms. The largest absolute Gasteiger partial charge is 0.387 e. The van der Waals surface area contributed by atoms with E-state index >= 15 is 0 Å². The fourth-order valence-corrected chi connectivity index (χ4v) is 1.02. The molecule has 0 fully saturated rings. The van der Waals surface area contributed by atoms with E-state index in [0.717, 1.165) is 0 Å². The van der Waals surface area contributed by atoms with Gasteiger partial charge in [-0.25, -0.2) is 4.79 Å². The molecule has 8 heteroatoms. The first-order valence-electron chi connectivity index (χ1n) is 3.81. The first-order valence-corrected chi connectivity index (χ1v) is 5.22. The minimum atomic E-state index is -4.17. The molecule has 0 aliphatic heterocycles. The predicted octanol–water partition coefficient (Wildman–Crippen LogP) is -1.26. The summed E-state index contributed by atoms with van der Waals surface area (Å²) in [6, 6.07) is 0. The van der Waals surface area contributed by atoms with Crippen molar-refractivity contribution in [2.45, 2.75) is 20.0 Å². The van der Waals surface area contributed by atoms with Crippen LogP contribution >= 0.6 is 0 Å². The highest BCUT2D eigenvalue weighted by Crippen LogP contribution is 1.90. The summed E-state index contributed by atoms with van der Waals surface area (Å²) in [6.07, 6.45) is -0.147. The first-order chi connectivity index (χ1) is 6.37. The maximum Gasteiger partial charge on any atom is 0.387 e. The Balaban J connectivity index is 3.91. The van der Waals surface area contributed by atoms with Crippen LogP contribution in [0.25, 0.3) is 0 Å². The van der Waals surface area contributed by atoms with Crippen LogP contribution in [0.4, 0.5) is 0 Å². The van der Waals surface area contributed by atoms with Crippen molar-refractivity contribution in [2.24, 2.45) is 0 Å². The smallest absolute Gasteiger partial charge is 0.385 e. The second-order valence-electron chi connectivity index (χ2n) is 2.57. The summed E-state index contributed by atoms with van der Waals surface area (Å²) in [5.74, 6) is -1.25. The van der Waals surface area contributed by atoms with Crippen molar-refractivity contribution in [3.05, 3.63) is 0 Å². The molecule has 0 aromatic rings. The summed E-state index contributed by atoms with van der Waals surface area (Å²) in [4.78, 5) is 10.4. The average Bonchev–Trinajstić information content (AvgIpc) is 2.02. The van der Waals surface area contributed by atoms with Crippen LogP contribution in [0.15, 0.2) is 0 Å². The molecule has 0 aliphatic carbocycles. The van der Waals surface area contributed by atoms with Crippen LogP contribution in [0.3, 0.4) is 0 Å². The van der Waals surface area contributed by atoms with Gasteiger partial charge in [-0.15, -0.1) is 0 Å². The highest BCUT2D eigenvalue weighted by atomic mass is 32.2. The van der Waals surface area contributed by atoms with E-state index in [1.165, 1.54) is 0 Å². The lowest BCUT2D eigenvalue weighted by atomic mass is 10.5. The van der Waals surface area contributed by atoms with E-state index in [1.807, 2.05) is 4.72 Å². The van der Waals surface area contributed by atoms with Crippen LogP contribution < -0.4 is 4.72 Å². The number of aliphatic hydroxyl groups is 1. The lowest BCUT2D eigenvalue weighted by Crippen LogP contribution is -2.31. The zero-order chi connectivity index (χ0) is 11.2. The molecular weight excluding hydrogens is 214 g/mol. The lowest BCUT2D eigenvalue weighted by Gasteiger charge is -2.08. The van der Waals surface area contributed by atoms with Crippen LogP contribution in [0.2, 0.25) is 0 Å². The molecule has 84 valence electrons. The molecule has 0 atom stereocenters. The van der Waals surface area contributed by atoms with Gasteiger partial charge in [0.25, 0.3) is 0 Å². The second-order valence-corrected chi connectivity index (χ2v) is 3.94. The molecule has 0 aromatic heterocycles. The Bertz CT molecular complexity index is 272. The van der Waals surface area contributed by atoms with Gasteiger partial charge in [-0.1, -0.05) is 0 Å². The average molecular weight is 227 g/mol. The minimum absolute atomic E-state index is 0.147. The lowest BCUT2D eigenvalue weighted by molar-refractivity contribution is -0.137. The maximum absolute atomic E-state index is 10.8.